The normalized spacial score (nSPS) is 11.8. The molecule has 0 unspecified atom stereocenters. The van der Waals surface area contributed by atoms with Gasteiger partial charge in [0.15, 0.2) is 11.2 Å². The third kappa shape index (κ3) is 3.49. The van der Waals surface area contributed by atoms with Crippen molar-refractivity contribution in [3.8, 4) is 0 Å². The fourth-order valence-electron chi connectivity index (χ4n) is 3.21. The van der Waals surface area contributed by atoms with Gasteiger partial charge >= 0.3 is 5.69 Å². The molecule has 0 N–H and O–H groups in total. The molecule has 1 amide bonds. The lowest BCUT2D eigenvalue weighted by Gasteiger charge is -2.36. The van der Waals surface area contributed by atoms with Crippen LogP contribution >= 0.6 is 0 Å². The predicted octanol–water partition coefficient (Wildman–Crippen LogP) is 1.26. The summed E-state index contributed by atoms with van der Waals surface area (Å²) in [5, 5.41) is 0. The van der Waals surface area contributed by atoms with E-state index in [0.29, 0.717) is 6.54 Å². The second-order valence-corrected chi connectivity index (χ2v) is 7.89. The minimum Gasteiger partial charge on any atom is -0.332 e. The summed E-state index contributed by atoms with van der Waals surface area (Å²) in [6, 6.07) is 9.77. The Kier molecular flexibility index (Phi) is 4.97. The molecule has 0 fully saturated rings. The molecule has 3 rings (SSSR count). The van der Waals surface area contributed by atoms with E-state index in [9.17, 15) is 14.4 Å². The summed E-state index contributed by atoms with van der Waals surface area (Å²) in [5.41, 5.74) is 0.224. The lowest BCUT2D eigenvalue weighted by Crippen LogP contribution is -2.46. The molecule has 28 heavy (non-hydrogen) atoms. The number of imidazole rings is 1. The first kappa shape index (κ1) is 19.6. The van der Waals surface area contributed by atoms with Crippen molar-refractivity contribution in [1.82, 2.24) is 23.6 Å². The number of aryl methyl sites for hydroxylation is 1. The second kappa shape index (κ2) is 7.10. The van der Waals surface area contributed by atoms with Crippen molar-refractivity contribution in [3.63, 3.8) is 0 Å². The molecule has 0 aliphatic rings. The van der Waals surface area contributed by atoms with Crippen molar-refractivity contribution >= 4 is 17.1 Å². The van der Waals surface area contributed by atoms with E-state index in [2.05, 4.69) is 4.98 Å². The Labute approximate surface area is 162 Å². The van der Waals surface area contributed by atoms with E-state index < -0.39 is 16.8 Å². The first-order chi connectivity index (χ1) is 13.1. The summed E-state index contributed by atoms with van der Waals surface area (Å²) in [5.74, 6) is -0.133. The molecule has 8 heteroatoms. The van der Waals surface area contributed by atoms with Crippen molar-refractivity contribution in [3.05, 3.63) is 63.1 Å². The van der Waals surface area contributed by atoms with E-state index >= 15 is 0 Å². The van der Waals surface area contributed by atoms with Crippen LogP contribution in [0.25, 0.3) is 11.2 Å². The highest BCUT2D eigenvalue weighted by molar-refractivity contribution is 5.79. The molecular weight excluding hydrogens is 358 g/mol. The first-order valence-corrected chi connectivity index (χ1v) is 9.06. The van der Waals surface area contributed by atoms with Gasteiger partial charge in [0.25, 0.3) is 5.56 Å². The van der Waals surface area contributed by atoms with Gasteiger partial charge in [-0.25, -0.2) is 9.78 Å². The number of amides is 1. The lowest BCUT2D eigenvalue weighted by atomic mass is 10.0. The highest BCUT2D eigenvalue weighted by atomic mass is 16.2. The molecule has 148 valence electrons. The summed E-state index contributed by atoms with van der Waals surface area (Å²) < 4.78 is 3.85. The maximum Gasteiger partial charge on any atom is 0.332 e. The van der Waals surface area contributed by atoms with Gasteiger partial charge in [0, 0.05) is 26.2 Å². The molecule has 0 aliphatic heterocycles. The number of carbonyl (C=O) groups is 1. The average Bonchev–Trinajstić information content (AvgIpc) is 3.06. The van der Waals surface area contributed by atoms with Crippen LogP contribution in [-0.4, -0.2) is 35.0 Å². The number of rotatable bonds is 4. The fourth-order valence-corrected chi connectivity index (χ4v) is 3.21. The standard InChI is InChI=1S/C20H25N5O3/c1-20(2,3)25(11-14-9-7-6-8-10-14)15(26)12-24-13-21-17-16(24)18(27)23(5)19(28)22(17)4/h6-10,13H,11-12H2,1-5H3. The molecular formula is C20H25N5O3. The van der Waals surface area contributed by atoms with Gasteiger partial charge in [0.2, 0.25) is 5.91 Å². The zero-order valence-electron chi connectivity index (χ0n) is 16.8. The Hall–Kier alpha value is -3.16. The van der Waals surface area contributed by atoms with Crippen molar-refractivity contribution < 1.29 is 4.79 Å². The van der Waals surface area contributed by atoms with Crippen LogP contribution in [0.5, 0.6) is 0 Å². The Morgan fingerprint density at radius 1 is 1.07 bits per heavy atom. The molecule has 1 aromatic carbocycles. The van der Waals surface area contributed by atoms with Gasteiger partial charge in [0.05, 0.1) is 6.33 Å². The van der Waals surface area contributed by atoms with E-state index in [0.717, 1.165) is 10.1 Å². The zero-order chi connectivity index (χ0) is 20.6. The average molecular weight is 383 g/mol. The topological polar surface area (TPSA) is 82.1 Å². The van der Waals surface area contributed by atoms with Crippen molar-refractivity contribution in [2.45, 2.75) is 39.4 Å². The zero-order valence-corrected chi connectivity index (χ0v) is 16.8. The molecule has 0 aliphatic carbocycles. The van der Waals surface area contributed by atoms with E-state index in [-0.39, 0.29) is 23.6 Å². The predicted molar refractivity (Wildman–Crippen MR) is 107 cm³/mol. The monoisotopic (exact) mass is 383 g/mol. The van der Waals surface area contributed by atoms with Crippen LogP contribution in [0.3, 0.4) is 0 Å². The number of carbonyl (C=O) groups excluding carboxylic acids is 1. The van der Waals surface area contributed by atoms with Crippen LogP contribution in [0.1, 0.15) is 26.3 Å². The van der Waals surface area contributed by atoms with E-state index in [1.165, 1.54) is 22.5 Å². The maximum atomic E-state index is 13.2. The first-order valence-electron chi connectivity index (χ1n) is 9.06. The second-order valence-electron chi connectivity index (χ2n) is 7.89. The molecule has 0 atom stereocenters. The van der Waals surface area contributed by atoms with E-state index in [1.807, 2.05) is 51.1 Å². The molecule has 3 aromatic rings. The number of hydrogen-bond donors (Lipinski definition) is 0. The molecule has 0 radical (unpaired) electrons. The summed E-state index contributed by atoms with van der Waals surface area (Å²) in [6.45, 7) is 6.36. The van der Waals surface area contributed by atoms with Gasteiger partial charge in [0.1, 0.15) is 6.54 Å². The molecule has 0 bridgehead atoms. The summed E-state index contributed by atoms with van der Waals surface area (Å²) in [7, 11) is 2.97. The minimum absolute atomic E-state index is 0.0337. The van der Waals surface area contributed by atoms with Gasteiger partial charge < -0.3 is 9.47 Å². The van der Waals surface area contributed by atoms with Crippen molar-refractivity contribution in [2.75, 3.05) is 0 Å². The van der Waals surface area contributed by atoms with Crippen LogP contribution in [-0.2, 0) is 32.0 Å². The third-order valence-corrected chi connectivity index (χ3v) is 4.82. The van der Waals surface area contributed by atoms with Crippen LogP contribution < -0.4 is 11.2 Å². The van der Waals surface area contributed by atoms with Gasteiger partial charge in [-0.1, -0.05) is 30.3 Å². The van der Waals surface area contributed by atoms with E-state index in [4.69, 9.17) is 0 Å². The van der Waals surface area contributed by atoms with Crippen LogP contribution in [0.15, 0.2) is 46.2 Å². The summed E-state index contributed by atoms with van der Waals surface area (Å²) >= 11 is 0. The number of nitrogens with zero attached hydrogens (tertiary/aromatic N) is 5. The minimum atomic E-state index is -0.464. The quantitative estimate of drug-likeness (QED) is 0.679. The number of fused-ring (bicyclic) bond motifs is 1. The lowest BCUT2D eigenvalue weighted by molar-refractivity contribution is -0.137. The van der Waals surface area contributed by atoms with Crippen LogP contribution in [0.2, 0.25) is 0 Å². The molecule has 0 spiro atoms. The number of benzene rings is 1. The van der Waals surface area contributed by atoms with Crippen LogP contribution in [0, 0.1) is 0 Å². The van der Waals surface area contributed by atoms with Crippen molar-refractivity contribution in [1.29, 1.82) is 0 Å². The Morgan fingerprint density at radius 3 is 2.32 bits per heavy atom. The van der Waals surface area contributed by atoms with Gasteiger partial charge in [-0.05, 0) is 26.3 Å². The molecule has 2 aromatic heterocycles. The fraction of sp³-hybridized carbons (Fsp3) is 0.400. The summed E-state index contributed by atoms with van der Waals surface area (Å²) in [6.07, 6.45) is 1.44. The smallest absolute Gasteiger partial charge is 0.332 e. The highest BCUT2D eigenvalue weighted by Gasteiger charge is 2.27. The van der Waals surface area contributed by atoms with Crippen molar-refractivity contribution in [2.24, 2.45) is 14.1 Å². The largest absolute Gasteiger partial charge is 0.332 e. The summed E-state index contributed by atoms with van der Waals surface area (Å²) in [4.78, 5) is 43.8. The van der Waals surface area contributed by atoms with E-state index in [1.54, 1.807) is 11.9 Å². The number of aromatic nitrogens is 4. The molecule has 2 heterocycles. The maximum absolute atomic E-state index is 13.2. The molecule has 8 nitrogen and oxygen atoms in total. The number of hydrogen-bond acceptors (Lipinski definition) is 4. The Bertz CT molecular complexity index is 1130. The Morgan fingerprint density at radius 2 is 1.71 bits per heavy atom. The van der Waals surface area contributed by atoms with Crippen LogP contribution in [0.4, 0.5) is 0 Å². The molecule has 0 saturated heterocycles. The SMILES string of the molecule is Cn1c(=O)c2c(ncn2CC(=O)N(Cc2ccccc2)C(C)(C)C)n(C)c1=O. The van der Waals surface area contributed by atoms with Gasteiger partial charge in [-0.2, -0.15) is 0 Å². The third-order valence-electron chi connectivity index (χ3n) is 4.82. The highest BCUT2D eigenvalue weighted by Crippen LogP contribution is 2.19. The molecule has 0 saturated carbocycles. The van der Waals surface area contributed by atoms with Gasteiger partial charge in [-0.3, -0.25) is 18.7 Å². The van der Waals surface area contributed by atoms with Gasteiger partial charge in [-0.15, -0.1) is 0 Å². The Balaban J connectivity index is 1.99.